The number of benzene rings is 1. The summed E-state index contributed by atoms with van der Waals surface area (Å²) in [6, 6.07) is 8.90. The van der Waals surface area contributed by atoms with Gasteiger partial charge >= 0.3 is 0 Å². The molecule has 3 rings (SSSR count). The summed E-state index contributed by atoms with van der Waals surface area (Å²) in [6.45, 7) is 6.39. The number of sulfone groups is 1. The number of nitrogens with one attached hydrogen (secondary N) is 1. The number of carbonyl (C=O) groups excluding carboxylic acids is 1. The highest BCUT2D eigenvalue weighted by atomic mass is 32.2. The minimum Gasteiger partial charge on any atom is -0.495 e. The molecule has 0 aliphatic heterocycles. The minimum atomic E-state index is -3.64. The summed E-state index contributed by atoms with van der Waals surface area (Å²) < 4.78 is 32.2. The normalized spacial score (nSPS) is 12.2. The van der Waals surface area contributed by atoms with Crippen LogP contribution in [0.4, 0.5) is 5.69 Å². The molecule has 28 heavy (non-hydrogen) atoms. The first-order valence-electron chi connectivity index (χ1n) is 8.72. The molecule has 2 aromatic heterocycles. The molecule has 148 valence electrons. The molecule has 0 saturated carbocycles. The van der Waals surface area contributed by atoms with Crippen molar-refractivity contribution < 1.29 is 17.9 Å². The number of ether oxygens (including phenoxy) is 1. The van der Waals surface area contributed by atoms with Gasteiger partial charge < -0.3 is 10.1 Å². The fourth-order valence-electron chi connectivity index (χ4n) is 2.85. The van der Waals surface area contributed by atoms with E-state index in [0.29, 0.717) is 17.0 Å². The van der Waals surface area contributed by atoms with E-state index in [4.69, 9.17) is 4.74 Å². The molecule has 0 spiro atoms. The number of methoxy groups -OCH3 is 1. The molecule has 1 aromatic carbocycles. The SMILES string of the molecule is COc1cc2ncc(-c3cccc(NC(C)=O)c3)n2cc1S(=O)(=O)C(C)(C)C. The van der Waals surface area contributed by atoms with Gasteiger partial charge in [0.15, 0.2) is 9.84 Å². The molecule has 8 heteroatoms. The predicted octanol–water partition coefficient (Wildman–Crippen LogP) is 3.54. The van der Waals surface area contributed by atoms with E-state index in [-0.39, 0.29) is 16.6 Å². The van der Waals surface area contributed by atoms with Gasteiger partial charge in [-0.3, -0.25) is 9.20 Å². The van der Waals surface area contributed by atoms with Crippen LogP contribution in [0.5, 0.6) is 5.75 Å². The number of anilines is 1. The van der Waals surface area contributed by atoms with Crippen LogP contribution in [0, 0.1) is 0 Å². The quantitative estimate of drug-likeness (QED) is 0.722. The van der Waals surface area contributed by atoms with Crippen LogP contribution in [0.15, 0.2) is 47.6 Å². The zero-order valence-electron chi connectivity index (χ0n) is 16.5. The largest absolute Gasteiger partial charge is 0.495 e. The second kappa shape index (κ2) is 6.94. The lowest BCUT2D eigenvalue weighted by Gasteiger charge is -2.21. The maximum atomic E-state index is 13.1. The van der Waals surface area contributed by atoms with E-state index in [1.54, 1.807) is 49.7 Å². The maximum Gasteiger partial charge on any atom is 0.221 e. The smallest absolute Gasteiger partial charge is 0.221 e. The zero-order valence-corrected chi connectivity index (χ0v) is 17.3. The van der Waals surface area contributed by atoms with Gasteiger partial charge in [-0.05, 0) is 32.9 Å². The molecule has 1 N–H and O–H groups in total. The van der Waals surface area contributed by atoms with Gasteiger partial charge in [0.2, 0.25) is 5.91 Å². The molecule has 0 saturated heterocycles. The number of hydrogen-bond acceptors (Lipinski definition) is 5. The van der Waals surface area contributed by atoms with Crippen molar-refractivity contribution in [2.45, 2.75) is 37.3 Å². The first-order valence-corrected chi connectivity index (χ1v) is 10.2. The Kier molecular flexibility index (Phi) is 4.93. The summed E-state index contributed by atoms with van der Waals surface area (Å²) in [5, 5.41) is 2.74. The van der Waals surface area contributed by atoms with Crippen molar-refractivity contribution in [1.29, 1.82) is 0 Å². The summed E-state index contributed by atoms with van der Waals surface area (Å²) in [6.07, 6.45) is 3.21. The average Bonchev–Trinajstić information content (AvgIpc) is 3.02. The molecule has 2 heterocycles. The van der Waals surface area contributed by atoms with Gasteiger partial charge in [-0.15, -0.1) is 0 Å². The van der Waals surface area contributed by atoms with Crippen molar-refractivity contribution in [2.24, 2.45) is 0 Å². The molecular formula is C20H23N3O4S. The van der Waals surface area contributed by atoms with Crippen molar-refractivity contribution in [3.63, 3.8) is 0 Å². The van der Waals surface area contributed by atoms with E-state index in [1.807, 2.05) is 18.2 Å². The molecule has 0 fully saturated rings. The highest BCUT2D eigenvalue weighted by Gasteiger charge is 2.34. The molecule has 0 aliphatic rings. The summed E-state index contributed by atoms with van der Waals surface area (Å²) >= 11 is 0. The molecule has 0 atom stereocenters. The molecule has 1 amide bonds. The van der Waals surface area contributed by atoms with Crippen LogP contribution in [0.25, 0.3) is 16.9 Å². The monoisotopic (exact) mass is 401 g/mol. The summed E-state index contributed by atoms with van der Waals surface area (Å²) in [4.78, 5) is 15.8. The van der Waals surface area contributed by atoms with Crippen LogP contribution < -0.4 is 10.1 Å². The van der Waals surface area contributed by atoms with Crippen LogP contribution >= 0.6 is 0 Å². The molecule has 0 radical (unpaired) electrons. The van der Waals surface area contributed by atoms with Crippen molar-refractivity contribution in [3.8, 4) is 17.0 Å². The van der Waals surface area contributed by atoms with Gasteiger partial charge in [-0.2, -0.15) is 0 Å². The van der Waals surface area contributed by atoms with Gasteiger partial charge in [-0.25, -0.2) is 13.4 Å². The number of carbonyl (C=O) groups is 1. The lowest BCUT2D eigenvalue weighted by Crippen LogP contribution is -2.28. The van der Waals surface area contributed by atoms with Crippen molar-refractivity contribution in [3.05, 3.63) is 42.7 Å². The first-order chi connectivity index (χ1) is 13.0. The minimum absolute atomic E-state index is 0.104. The van der Waals surface area contributed by atoms with E-state index in [9.17, 15) is 13.2 Å². The third-order valence-electron chi connectivity index (χ3n) is 4.37. The number of fused-ring (bicyclic) bond motifs is 1. The van der Waals surface area contributed by atoms with Gasteiger partial charge in [0.1, 0.15) is 16.3 Å². The lowest BCUT2D eigenvalue weighted by molar-refractivity contribution is -0.114. The summed E-state index contributed by atoms with van der Waals surface area (Å²) in [5.41, 5.74) is 2.71. The second-order valence-electron chi connectivity index (χ2n) is 7.46. The Morgan fingerprint density at radius 1 is 1.21 bits per heavy atom. The lowest BCUT2D eigenvalue weighted by atomic mass is 10.1. The molecule has 0 aliphatic carbocycles. The number of aromatic nitrogens is 2. The van der Waals surface area contributed by atoms with E-state index < -0.39 is 14.6 Å². The Morgan fingerprint density at radius 2 is 1.93 bits per heavy atom. The molecule has 3 aromatic rings. The van der Waals surface area contributed by atoms with Crippen molar-refractivity contribution in [1.82, 2.24) is 9.38 Å². The Morgan fingerprint density at radius 3 is 2.54 bits per heavy atom. The van der Waals surface area contributed by atoms with E-state index in [2.05, 4.69) is 10.3 Å². The van der Waals surface area contributed by atoms with Gasteiger partial charge in [-0.1, -0.05) is 12.1 Å². The van der Waals surface area contributed by atoms with E-state index >= 15 is 0 Å². The molecular weight excluding hydrogens is 378 g/mol. The van der Waals surface area contributed by atoms with E-state index in [0.717, 1.165) is 5.56 Å². The number of imidazole rings is 1. The Labute approximate surface area is 164 Å². The topological polar surface area (TPSA) is 89.8 Å². The summed E-state index contributed by atoms with van der Waals surface area (Å²) in [5.74, 6) is 0.0881. The average molecular weight is 401 g/mol. The van der Waals surface area contributed by atoms with E-state index in [1.165, 1.54) is 14.0 Å². The molecule has 7 nitrogen and oxygen atoms in total. The van der Waals surface area contributed by atoms with Crippen molar-refractivity contribution >= 4 is 27.1 Å². The Hall–Kier alpha value is -2.87. The van der Waals surface area contributed by atoms with Crippen molar-refractivity contribution in [2.75, 3.05) is 12.4 Å². The van der Waals surface area contributed by atoms with Crippen LogP contribution in [0.1, 0.15) is 27.7 Å². The number of nitrogens with zero attached hydrogens (tertiary/aromatic N) is 2. The number of pyridine rings is 1. The standard InChI is InChI=1S/C20H23N3O4S/c1-13(24)22-15-8-6-7-14(9-15)16-11-21-19-10-17(27-5)18(12-23(16)19)28(25,26)20(2,3)4/h6-12H,1-5H3,(H,22,24). The van der Waals surface area contributed by atoms with Gasteiger partial charge in [0, 0.05) is 30.4 Å². The third-order valence-corrected chi connectivity index (χ3v) is 6.87. The highest BCUT2D eigenvalue weighted by molar-refractivity contribution is 7.92. The highest BCUT2D eigenvalue weighted by Crippen LogP contribution is 2.34. The van der Waals surface area contributed by atoms with Gasteiger partial charge in [0.25, 0.3) is 0 Å². The number of rotatable bonds is 4. The first kappa shape index (κ1) is 19.9. The molecule has 0 bridgehead atoms. The summed E-state index contributed by atoms with van der Waals surface area (Å²) in [7, 11) is -2.20. The molecule has 0 unspecified atom stereocenters. The number of hydrogen-bond donors (Lipinski definition) is 1. The second-order valence-corrected chi connectivity index (χ2v) is 10.1. The van der Waals surface area contributed by atoms with Crippen LogP contribution in [-0.4, -0.2) is 35.6 Å². The Balaban J connectivity index is 2.23. The Bertz CT molecular complexity index is 1160. The fraction of sp³-hybridized carbons (Fsp3) is 0.300. The van der Waals surface area contributed by atoms with Gasteiger partial charge in [0.05, 0.1) is 23.7 Å². The maximum absolute atomic E-state index is 13.1. The fourth-order valence-corrected chi connectivity index (χ4v) is 4.16. The third kappa shape index (κ3) is 3.47. The van der Waals surface area contributed by atoms with Crippen LogP contribution in [-0.2, 0) is 14.6 Å². The number of amides is 1. The predicted molar refractivity (Wildman–Crippen MR) is 108 cm³/mol. The zero-order chi connectivity index (χ0) is 20.7. The van der Waals surface area contributed by atoms with Crippen LogP contribution in [0.3, 0.4) is 0 Å². The van der Waals surface area contributed by atoms with Crippen LogP contribution in [0.2, 0.25) is 0 Å².